The zero-order valence-electron chi connectivity index (χ0n) is 15.5. The predicted octanol–water partition coefficient (Wildman–Crippen LogP) is 3.63. The van der Waals surface area contributed by atoms with E-state index in [2.05, 4.69) is 10.4 Å². The molecule has 2 aromatic heterocycles. The number of aromatic nitrogens is 2. The lowest BCUT2D eigenvalue weighted by Crippen LogP contribution is -2.49. The normalized spacial score (nSPS) is 16.7. The van der Waals surface area contributed by atoms with E-state index in [0.717, 1.165) is 18.4 Å². The third-order valence-corrected chi connectivity index (χ3v) is 5.74. The summed E-state index contributed by atoms with van der Waals surface area (Å²) in [5.41, 5.74) is 1.14. The van der Waals surface area contributed by atoms with Gasteiger partial charge in [-0.2, -0.15) is 5.10 Å². The number of amides is 2. The van der Waals surface area contributed by atoms with E-state index in [0.29, 0.717) is 30.2 Å². The lowest BCUT2D eigenvalue weighted by Gasteiger charge is -2.34. The molecule has 1 aromatic carbocycles. The predicted molar refractivity (Wildman–Crippen MR) is 109 cm³/mol. The fourth-order valence-corrected chi connectivity index (χ4v) is 4.16. The van der Waals surface area contributed by atoms with Gasteiger partial charge in [-0.15, -0.1) is 11.3 Å². The SMILES string of the molecule is O=C(Nc1ccn(Cc2ccccc2)n1)C1CCCCN1C(=O)c1cccs1. The quantitative estimate of drug-likeness (QED) is 0.719. The molecule has 1 aliphatic rings. The van der Waals surface area contributed by atoms with E-state index >= 15 is 0 Å². The van der Waals surface area contributed by atoms with Gasteiger partial charge in [0.25, 0.3) is 5.91 Å². The van der Waals surface area contributed by atoms with Gasteiger partial charge in [-0.1, -0.05) is 36.4 Å². The molecule has 1 N–H and O–H groups in total. The Labute approximate surface area is 167 Å². The number of nitrogens with zero attached hydrogens (tertiary/aromatic N) is 3. The van der Waals surface area contributed by atoms with Crippen LogP contribution >= 0.6 is 11.3 Å². The smallest absolute Gasteiger partial charge is 0.264 e. The minimum absolute atomic E-state index is 0.0653. The van der Waals surface area contributed by atoms with Crippen LogP contribution in [-0.2, 0) is 11.3 Å². The average Bonchev–Trinajstić information content (AvgIpc) is 3.41. The maximum Gasteiger partial charge on any atom is 0.264 e. The number of nitrogens with one attached hydrogen (secondary N) is 1. The Kier molecular flexibility index (Phi) is 5.53. The van der Waals surface area contributed by atoms with Crippen LogP contribution in [0, 0.1) is 0 Å². The fourth-order valence-electron chi connectivity index (χ4n) is 3.49. The van der Waals surface area contributed by atoms with Crippen LogP contribution in [0.2, 0.25) is 0 Å². The van der Waals surface area contributed by atoms with Gasteiger partial charge in [0.05, 0.1) is 11.4 Å². The molecule has 3 aromatic rings. The van der Waals surface area contributed by atoms with Crippen molar-refractivity contribution in [3.8, 4) is 0 Å². The summed E-state index contributed by atoms with van der Waals surface area (Å²) < 4.78 is 1.79. The molecule has 144 valence electrons. The van der Waals surface area contributed by atoms with Crippen molar-refractivity contribution in [3.05, 3.63) is 70.5 Å². The van der Waals surface area contributed by atoms with Crippen LogP contribution in [-0.4, -0.2) is 39.1 Å². The van der Waals surface area contributed by atoms with Gasteiger partial charge in [0.2, 0.25) is 5.91 Å². The zero-order chi connectivity index (χ0) is 19.3. The minimum Gasteiger partial charge on any atom is -0.326 e. The molecule has 3 heterocycles. The van der Waals surface area contributed by atoms with E-state index < -0.39 is 6.04 Å². The van der Waals surface area contributed by atoms with E-state index in [1.807, 2.05) is 54.0 Å². The van der Waals surface area contributed by atoms with E-state index in [9.17, 15) is 9.59 Å². The Morgan fingerprint density at radius 3 is 2.75 bits per heavy atom. The van der Waals surface area contributed by atoms with Crippen molar-refractivity contribution in [1.82, 2.24) is 14.7 Å². The molecule has 0 radical (unpaired) electrons. The Morgan fingerprint density at radius 1 is 1.11 bits per heavy atom. The van der Waals surface area contributed by atoms with Crippen molar-refractivity contribution in [2.75, 3.05) is 11.9 Å². The monoisotopic (exact) mass is 394 g/mol. The summed E-state index contributed by atoms with van der Waals surface area (Å²) in [5.74, 6) is 0.272. The van der Waals surface area contributed by atoms with Crippen LogP contribution in [0.1, 0.15) is 34.5 Å². The second kappa shape index (κ2) is 8.39. The standard InChI is InChI=1S/C21H22N4O2S/c26-20(17-9-4-5-12-25(17)21(27)18-10-6-14-28-18)22-19-11-13-24(23-19)15-16-7-2-1-3-8-16/h1-3,6-8,10-11,13-14,17H,4-5,9,12,15H2,(H,22,23,26). The first-order valence-corrected chi connectivity index (χ1v) is 10.3. The van der Waals surface area contributed by atoms with Crippen molar-refractivity contribution in [2.24, 2.45) is 0 Å². The Balaban J connectivity index is 1.42. The fraction of sp³-hybridized carbons (Fsp3) is 0.286. The molecule has 1 saturated heterocycles. The first-order chi connectivity index (χ1) is 13.7. The molecule has 0 bridgehead atoms. The lowest BCUT2D eigenvalue weighted by molar-refractivity contribution is -0.121. The molecule has 1 fully saturated rings. The number of carbonyl (C=O) groups excluding carboxylic acids is 2. The summed E-state index contributed by atoms with van der Waals surface area (Å²) in [6.45, 7) is 1.25. The number of benzene rings is 1. The number of carbonyl (C=O) groups is 2. The van der Waals surface area contributed by atoms with Gasteiger partial charge < -0.3 is 10.2 Å². The molecular weight excluding hydrogens is 372 g/mol. The summed E-state index contributed by atoms with van der Waals surface area (Å²) in [6.07, 6.45) is 4.38. The summed E-state index contributed by atoms with van der Waals surface area (Å²) in [7, 11) is 0. The molecule has 4 rings (SSSR count). The summed E-state index contributed by atoms with van der Waals surface area (Å²) >= 11 is 1.41. The van der Waals surface area contributed by atoms with Crippen molar-refractivity contribution in [1.29, 1.82) is 0 Å². The van der Waals surface area contributed by atoms with Crippen LogP contribution in [0.15, 0.2) is 60.1 Å². The van der Waals surface area contributed by atoms with Crippen molar-refractivity contribution < 1.29 is 9.59 Å². The number of piperidine rings is 1. The topological polar surface area (TPSA) is 67.2 Å². The highest BCUT2D eigenvalue weighted by Gasteiger charge is 2.33. The van der Waals surface area contributed by atoms with Gasteiger partial charge in [0, 0.05) is 18.8 Å². The number of rotatable bonds is 5. The largest absolute Gasteiger partial charge is 0.326 e. The van der Waals surface area contributed by atoms with Crippen molar-refractivity contribution in [2.45, 2.75) is 31.8 Å². The van der Waals surface area contributed by atoms with Gasteiger partial charge in [-0.05, 0) is 36.3 Å². The molecule has 28 heavy (non-hydrogen) atoms. The maximum absolute atomic E-state index is 12.9. The van der Waals surface area contributed by atoms with E-state index in [4.69, 9.17) is 0 Å². The summed E-state index contributed by atoms with van der Waals surface area (Å²) in [4.78, 5) is 28.0. The molecule has 2 amide bonds. The molecule has 0 spiro atoms. The Bertz CT molecular complexity index is 936. The van der Waals surface area contributed by atoms with Gasteiger partial charge in [-0.3, -0.25) is 14.3 Å². The molecule has 0 saturated carbocycles. The van der Waals surface area contributed by atoms with Gasteiger partial charge in [0.1, 0.15) is 6.04 Å². The molecular formula is C21H22N4O2S. The summed E-state index contributed by atoms with van der Waals surface area (Å²) in [5, 5.41) is 9.21. The maximum atomic E-state index is 12.9. The second-order valence-corrected chi connectivity index (χ2v) is 7.81. The molecule has 6 nitrogen and oxygen atoms in total. The highest BCUT2D eigenvalue weighted by molar-refractivity contribution is 7.12. The van der Waals surface area contributed by atoms with Crippen LogP contribution in [0.25, 0.3) is 0 Å². The third kappa shape index (κ3) is 4.14. The lowest BCUT2D eigenvalue weighted by atomic mass is 10.0. The second-order valence-electron chi connectivity index (χ2n) is 6.86. The van der Waals surface area contributed by atoms with E-state index in [1.165, 1.54) is 11.3 Å². The number of hydrogen-bond donors (Lipinski definition) is 1. The van der Waals surface area contributed by atoms with Crippen molar-refractivity contribution in [3.63, 3.8) is 0 Å². The first-order valence-electron chi connectivity index (χ1n) is 9.43. The number of likely N-dealkylation sites (tertiary alicyclic amines) is 1. The highest BCUT2D eigenvalue weighted by Crippen LogP contribution is 2.23. The van der Waals surface area contributed by atoms with E-state index in [-0.39, 0.29) is 11.8 Å². The van der Waals surface area contributed by atoms with Gasteiger partial charge >= 0.3 is 0 Å². The Morgan fingerprint density at radius 2 is 1.96 bits per heavy atom. The van der Waals surface area contributed by atoms with Gasteiger partial charge in [0.15, 0.2) is 5.82 Å². The highest BCUT2D eigenvalue weighted by atomic mass is 32.1. The molecule has 1 aliphatic heterocycles. The molecule has 0 aliphatic carbocycles. The minimum atomic E-state index is -0.456. The first kappa shape index (κ1) is 18.4. The zero-order valence-corrected chi connectivity index (χ0v) is 16.3. The van der Waals surface area contributed by atoms with E-state index in [1.54, 1.807) is 15.6 Å². The summed E-state index contributed by atoms with van der Waals surface area (Å²) in [6, 6.07) is 15.0. The Hall–Kier alpha value is -2.93. The molecule has 1 atom stereocenters. The molecule has 7 heteroatoms. The van der Waals surface area contributed by atoms with Crippen LogP contribution < -0.4 is 5.32 Å². The average molecular weight is 395 g/mol. The number of hydrogen-bond acceptors (Lipinski definition) is 4. The van der Waals surface area contributed by atoms with Crippen LogP contribution in [0.3, 0.4) is 0 Å². The number of thiophene rings is 1. The molecule has 1 unspecified atom stereocenters. The third-order valence-electron chi connectivity index (χ3n) is 4.88. The van der Waals surface area contributed by atoms with Crippen LogP contribution in [0.5, 0.6) is 0 Å². The number of anilines is 1. The van der Waals surface area contributed by atoms with Crippen molar-refractivity contribution >= 4 is 29.0 Å². The van der Waals surface area contributed by atoms with Gasteiger partial charge in [-0.25, -0.2) is 0 Å². The van der Waals surface area contributed by atoms with Crippen LogP contribution in [0.4, 0.5) is 5.82 Å².